The van der Waals surface area contributed by atoms with E-state index in [-0.39, 0.29) is 42.2 Å². The Kier molecular flexibility index (Phi) is 9.94. The molecule has 0 bridgehead atoms. The van der Waals surface area contributed by atoms with Crippen molar-refractivity contribution in [3.05, 3.63) is 70.7 Å². The molecule has 0 radical (unpaired) electrons. The highest BCUT2D eigenvalue weighted by atomic mass is 19.1. The third kappa shape index (κ3) is 8.11. The largest absolute Gasteiger partial charge is 0.463 e. The van der Waals surface area contributed by atoms with Crippen molar-refractivity contribution in [2.45, 2.75) is 110 Å². The molecule has 1 saturated heterocycles. The van der Waals surface area contributed by atoms with Gasteiger partial charge in [0, 0.05) is 23.7 Å². The highest BCUT2D eigenvalue weighted by molar-refractivity contribution is 5.87. The smallest absolute Gasteiger partial charge is 0.376 e. The summed E-state index contributed by atoms with van der Waals surface area (Å²) in [4.78, 5) is 39.0. The van der Waals surface area contributed by atoms with E-state index in [2.05, 4.69) is 23.8 Å². The highest BCUT2D eigenvalue weighted by Crippen LogP contribution is 2.42. The van der Waals surface area contributed by atoms with Gasteiger partial charge >= 0.3 is 11.9 Å². The van der Waals surface area contributed by atoms with Gasteiger partial charge in [-0.25, -0.2) is 19.2 Å². The number of aryl methyl sites for hydroxylation is 1. The lowest BCUT2D eigenvalue weighted by Gasteiger charge is -2.39. The van der Waals surface area contributed by atoms with E-state index >= 15 is 0 Å². The molecule has 3 heterocycles. The van der Waals surface area contributed by atoms with Crippen molar-refractivity contribution in [2.24, 2.45) is 0 Å². The van der Waals surface area contributed by atoms with Crippen LogP contribution in [-0.2, 0) is 36.6 Å². The lowest BCUT2D eigenvalue weighted by Crippen LogP contribution is -2.45. The maximum atomic E-state index is 14.2. The van der Waals surface area contributed by atoms with Gasteiger partial charge in [-0.1, -0.05) is 38.1 Å². The van der Waals surface area contributed by atoms with E-state index in [9.17, 15) is 14.0 Å². The molecular formula is C37H44FN3O6. The molecule has 9 nitrogen and oxygen atoms in total. The van der Waals surface area contributed by atoms with Gasteiger partial charge in [-0.15, -0.1) is 0 Å². The van der Waals surface area contributed by atoms with Crippen LogP contribution in [0.15, 0.2) is 36.5 Å². The molecule has 0 N–H and O–H groups in total. The van der Waals surface area contributed by atoms with Crippen molar-refractivity contribution in [3.8, 4) is 22.4 Å². The standard InChI is InChI=1S/C37H44FN3O6/c1-21(2)32-27(17-16-24-18-25(46-37(6,7)45-24)19-30(42)47-36(3,4)5)31(22-12-14-23(38)15-13-22)26-10-9-11-29-28(33(26)41-32)20-39-34(40-29)35(43)44-8/h12-17,20-21,24-25H,9-11,18-19H2,1-8H3/b17-16+/t24-,25-/m1/s1. The fourth-order valence-electron chi connectivity index (χ4n) is 6.27. The molecule has 0 saturated carbocycles. The molecule has 1 aromatic carbocycles. The zero-order valence-electron chi connectivity index (χ0n) is 28.5. The monoisotopic (exact) mass is 645 g/mol. The van der Waals surface area contributed by atoms with Crippen molar-refractivity contribution in [2.75, 3.05) is 7.11 Å². The Labute approximate surface area is 275 Å². The quantitative estimate of drug-likeness (QED) is 0.243. The van der Waals surface area contributed by atoms with Gasteiger partial charge < -0.3 is 18.9 Å². The number of rotatable bonds is 7. The number of carbonyl (C=O) groups is 2. The van der Waals surface area contributed by atoms with Crippen molar-refractivity contribution in [3.63, 3.8) is 0 Å². The minimum absolute atomic E-state index is 0.0152. The first-order valence-electron chi connectivity index (χ1n) is 16.2. The number of esters is 2. The molecule has 10 heteroatoms. The average molecular weight is 646 g/mol. The van der Waals surface area contributed by atoms with Crippen LogP contribution in [0, 0.1) is 5.82 Å². The Balaban J connectivity index is 1.61. The fraction of sp³-hybridized carbons (Fsp3) is 0.486. The molecule has 2 aliphatic rings. The number of nitrogens with zero attached hydrogens (tertiary/aromatic N) is 3. The fourth-order valence-corrected chi connectivity index (χ4v) is 6.27. The lowest BCUT2D eigenvalue weighted by atomic mass is 9.86. The third-order valence-corrected chi connectivity index (χ3v) is 8.05. The molecule has 0 unspecified atom stereocenters. The second-order valence-electron chi connectivity index (χ2n) is 13.9. The van der Waals surface area contributed by atoms with Crippen LogP contribution in [-0.4, -0.2) is 57.6 Å². The normalized spacial score (nSPS) is 19.2. The number of halogens is 1. The summed E-state index contributed by atoms with van der Waals surface area (Å²) < 4.78 is 37.0. The predicted molar refractivity (Wildman–Crippen MR) is 176 cm³/mol. The molecule has 250 valence electrons. The molecule has 47 heavy (non-hydrogen) atoms. The number of hydrogen-bond acceptors (Lipinski definition) is 9. The molecule has 5 rings (SSSR count). The van der Waals surface area contributed by atoms with Gasteiger partial charge in [-0.05, 0) is 88.6 Å². The third-order valence-electron chi connectivity index (χ3n) is 8.05. The average Bonchev–Trinajstić information content (AvgIpc) is 3.16. The number of carbonyl (C=O) groups excluding carboxylic acids is 2. The van der Waals surface area contributed by atoms with E-state index in [1.54, 1.807) is 18.3 Å². The minimum atomic E-state index is -0.917. The van der Waals surface area contributed by atoms with E-state index in [1.165, 1.54) is 19.2 Å². The summed E-state index contributed by atoms with van der Waals surface area (Å²) >= 11 is 0. The second kappa shape index (κ2) is 13.6. The number of benzene rings is 1. The number of hydrogen-bond donors (Lipinski definition) is 0. The zero-order chi connectivity index (χ0) is 34.1. The number of aromatic nitrogens is 3. The van der Waals surface area contributed by atoms with Crippen molar-refractivity contribution >= 4 is 18.0 Å². The summed E-state index contributed by atoms with van der Waals surface area (Å²) in [6, 6.07) is 6.51. The molecule has 1 fully saturated rings. The first-order valence-corrected chi connectivity index (χ1v) is 16.2. The van der Waals surface area contributed by atoms with Gasteiger partial charge in [0.25, 0.3) is 0 Å². The van der Waals surface area contributed by atoms with Crippen LogP contribution < -0.4 is 0 Å². The molecular weight excluding hydrogens is 601 g/mol. The Bertz CT molecular complexity index is 1680. The molecule has 0 amide bonds. The maximum Gasteiger partial charge on any atom is 0.376 e. The number of fused-ring (bicyclic) bond motifs is 3. The second-order valence-corrected chi connectivity index (χ2v) is 13.9. The van der Waals surface area contributed by atoms with Crippen LogP contribution in [0.1, 0.15) is 107 Å². The van der Waals surface area contributed by atoms with Crippen molar-refractivity contribution in [1.29, 1.82) is 0 Å². The SMILES string of the molecule is COC(=O)c1ncc2c(n1)CCCc1c-2nc(C(C)C)c(/C=C/[C@@H]2C[C@H](CC(=O)OC(C)(C)C)OC(C)(C)O2)c1-c1ccc(F)cc1. The number of pyridine rings is 1. The summed E-state index contributed by atoms with van der Waals surface area (Å²) in [6.07, 6.45) is 7.64. The zero-order valence-corrected chi connectivity index (χ0v) is 28.5. The van der Waals surface area contributed by atoms with E-state index < -0.39 is 17.4 Å². The molecule has 2 aromatic heterocycles. The first-order chi connectivity index (χ1) is 22.1. The number of ether oxygens (including phenoxy) is 4. The summed E-state index contributed by atoms with van der Waals surface area (Å²) in [7, 11) is 1.31. The van der Waals surface area contributed by atoms with Gasteiger partial charge in [0.05, 0.1) is 42.8 Å². The molecule has 3 aromatic rings. The summed E-state index contributed by atoms with van der Waals surface area (Å²) in [5, 5.41) is 0. The van der Waals surface area contributed by atoms with Gasteiger partial charge in [0.1, 0.15) is 11.4 Å². The van der Waals surface area contributed by atoms with Crippen LogP contribution in [0.3, 0.4) is 0 Å². The molecule has 1 aliphatic heterocycles. The first kappa shape index (κ1) is 34.3. The Morgan fingerprint density at radius 3 is 2.49 bits per heavy atom. The Morgan fingerprint density at radius 1 is 1.11 bits per heavy atom. The molecule has 2 atom stereocenters. The number of methoxy groups -OCH3 is 1. The van der Waals surface area contributed by atoms with Crippen LogP contribution >= 0.6 is 0 Å². The maximum absolute atomic E-state index is 14.2. The van der Waals surface area contributed by atoms with E-state index in [0.717, 1.165) is 51.3 Å². The van der Waals surface area contributed by atoms with Crippen LogP contribution in [0.4, 0.5) is 4.39 Å². The van der Waals surface area contributed by atoms with Crippen LogP contribution in [0.5, 0.6) is 0 Å². The Hall–Kier alpha value is -4.02. The van der Waals surface area contributed by atoms with Crippen LogP contribution in [0.2, 0.25) is 0 Å². The van der Waals surface area contributed by atoms with E-state index in [1.807, 2.05) is 46.8 Å². The van der Waals surface area contributed by atoms with E-state index in [0.29, 0.717) is 19.3 Å². The topological polar surface area (TPSA) is 110 Å². The van der Waals surface area contributed by atoms with E-state index in [4.69, 9.17) is 23.9 Å². The highest BCUT2D eigenvalue weighted by Gasteiger charge is 2.36. The summed E-state index contributed by atoms with van der Waals surface area (Å²) in [6.45, 7) is 13.4. The summed E-state index contributed by atoms with van der Waals surface area (Å²) in [5.41, 5.74) is 6.26. The molecule has 1 aliphatic carbocycles. The van der Waals surface area contributed by atoms with Crippen molar-refractivity contribution in [1.82, 2.24) is 15.0 Å². The minimum Gasteiger partial charge on any atom is -0.463 e. The van der Waals surface area contributed by atoms with Gasteiger partial charge in [0.15, 0.2) is 5.79 Å². The van der Waals surface area contributed by atoms with Crippen molar-refractivity contribution < 1.29 is 32.9 Å². The van der Waals surface area contributed by atoms with Gasteiger partial charge in [-0.3, -0.25) is 9.78 Å². The van der Waals surface area contributed by atoms with Crippen LogP contribution in [0.25, 0.3) is 28.5 Å². The predicted octanol–water partition coefficient (Wildman–Crippen LogP) is 7.40. The lowest BCUT2D eigenvalue weighted by molar-refractivity contribution is -0.290. The Morgan fingerprint density at radius 2 is 1.83 bits per heavy atom. The summed E-state index contributed by atoms with van der Waals surface area (Å²) in [5.74, 6) is -2.11. The van der Waals surface area contributed by atoms with Gasteiger partial charge in [-0.2, -0.15) is 0 Å². The van der Waals surface area contributed by atoms with Gasteiger partial charge in [0.2, 0.25) is 5.82 Å². The molecule has 0 spiro atoms.